The summed E-state index contributed by atoms with van der Waals surface area (Å²) in [5, 5.41) is 8.80. The molecule has 0 bridgehead atoms. The molecule has 7 nitrogen and oxygen atoms in total. The van der Waals surface area contributed by atoms with Crippen LogP contribution in [0.4, 0.5) is 0 Å². The fourth-order valence-corrected chi connectivity index (χ4v) is 4.77. The Morgan fingerprint density at radius 1 is 0.643 bits per heavy atom. The molecule has 7 aromatic rings. The van der Waals surface area contributed by atoms with Crippen molar-refractivity contribution in [1.29, 1.82) is 0 Å². The molecule has 4 aromatic carbocycles. The predicted octanol–water partition coefficient (Wildman–Crippen LogP) is 6.84. The van der Waals surface area contributed by atoms with Gasteiger partial charge in [0.25, 0.3) is 5.97 Å². The molecule has 0 amide bonds. The first-order chi connectivity index (χ1) is 20.0. The van der Waals surface area contributed by atoms with Gasteiger partial charge in [-0.3, -0.25) is 19.7 Å². The third-order valence-electron chi connectivity index (χ3n) is 6.82. The van der Waals surface area contributed by atoms with Crippen LogP contribution < -0.4 is 0 Å². The molecule has 0 aliphatic rings. The van der Waals surface area contributed by atoms with Gasteiger partial charge < -0.3 is 14.2 Å². The molecular formula is C34H25IrN5O2-2. The summed E-state index contributed by atoms with van der Waals surface area (Å²) in [5.74, 6) is 0.839. The van der Waals surface area contributed by atoms with Crippen molar-refractivity contribution in [2.24, 2.45) is 14.1 Å². The van der Waals surface area contributed by atoms with E-state index in [1.807, 2.05) is 86.9 Å². The van der Waals surface area contributed by atoms with E-state index in [2.05, 4.69) is 38.4 Å². The first-order valence-corrected chi connectivity index (χ1v) is 13.0. The molecule has 1 radical (unpaired) electrons. The Hall–Kier alpha value is -4.91. The van der Waals surface area contributed by atoms with E-state index < -0.39 is 5.97 Å². The Balaban J connectivity index is 0.000000189. The van der Waals surface area contributed by atoms with E-state index in [1.54, 1.807) is 18.3 Å². The number of aromatic carboxylic acids is 1. The smallest absolute Gasteiger partial charge is 0.265 e. The topological polar surface area (TPSA) is 85.8 Å². The average molecular weight is 728 g/mol. The van der Waals surface area contributed by atoms with Crippen LogP contribution in [-0.4, -0.2) is 35.2 Å². The van der Waals surface area contributed by atoms with Crippen molar-refractivity contribution in [3.05, 3.63) is 127 Å². The number of para-hydroxylation sites is 4. The minimum absolute atomic E-state index is 0. The van der Waals surface area contributed by atoms with Gasteiger partial charge in [-0.15, -0.1) is 48.5 Å². The number of hydrogen-bond donors (Lipinski definition) is 1. The summed E-state index contributed by atoms with van der Waals surface area (Å²) in [6.45, 7) is 0. The number of aryl methyl sites for hydroxylation is 2. The molecular weight excluding hydrogens is 703 g/mol. The number of nitrogens with zero attached hydrogens (tertiary/aromatic N) is 5. The number of aromatic nitrogens is 5. The second-order valence-electron chi connectivity index (χ2n) is 9.44. The van der Waals surface area contributed by atoms with Crippen molar-refractivity contribution >= 4 is 28.0 Å². The molecule has 0 fully saturated rings. The van der Waals surface area contributed by atoms with Gasteiger partial charge in [-0.05, 0) is 35.9 Å². The van der Waals surface area contributed by atoms with Crippen molar-refractivity contribution in [1.82, 2.24) is 24.1 Å². The minimum Gasteiger partial charge on any atom is -0.513 e. The molecule has 0 unspecified atom stereocenters. The summed E-state index contributed by atoms with van der Waals surface area (Å²) in [6.07, 6.45) is 1.66. The van der Waals surface area contributed by atoms with Crippen LogP contribution in [0.2, 0.25) is 0 Å². The van der Waals surface area contributed by atoms with E-state index in [4.69, 9.17) is 15.1 Å². The molecule has 3 aromatic heterocycles. The van der Waals surface area contributed by atoms with Crippen LogP contribution in [-0.2, 0) is 34.2 Å². The van der Waals surface area contributed by atoms with E-state index in [-0.39, 0.29) is 25.7 Å². The fourth-order valence-electron chi connectivity index (χ4n) is 4.77. The van der Waals surface area contributed by atoms with Gasteiger partial charge in [0, 0.05) is 46.1 Å². The summed E-state index contributed by atoms with van der Waals surface area (Å²) < 4.78 is 4.22. The van der Waals surface area contributed by atoms with Gasteiger partial charge in [0.05, 0.1) is 33.7 Å². The van der Waals surface area contributed by atoms with E-state index in [1.165, 1.54) is 6.07 Å². The molecule has 0 aliphatic heterocycles. The minimum atomic E-state index is -0.979. The maximum atomic E-state index is 10.7. The summed E-state index contributed by atoms with van der Waals surface area (Å²) >= 11 is 0. The number of carboxylic acid groups (broad SMARTS) is 1. The number of benzene rings is 4. The molecule has 209 valence electrons. The Bertz CT molecular complexity index is 1920. The molecule has 8 heteroatoms. The van der Waals surface area contributed by atoms with Crippen molar-refractivity contribution in [2.45, 2.75) is 0 Å². The summed E-state index contributed by atoms with van der Waals surface area (Å²) in [7, 11) is 4.08. The molecule has 0 saturated carbocycles. The summed E-state index contributed by atoms with van der Waals surface area (Å²) in [6, 6.07) is 39.2. The number of hydrogen-bond acceptors (Lipinski definition) is 4. The van der Waals surface area contributed by atoms with Gasteiger partial charge in [0.15, 0.2) is 0 Å². The van der Waals surface area contributed by atoms with Crippen LogP contribution in [0.5, 0.6) is 0 Å². The van der Waals surface area contributed by atoms with E-state index in [9.17, 15) is 4.79 Å². The molecule has 0 spiro atoms. The van der Waals surface area contributed by atoms with Crippen molar-refractivity contribution < 1.29 is 30.0 Å². The monoisotopic (exact) mass is 728 g/mol. The van der Waals surface area contributed by atoms with Gasteiger partial charge in [0.1, 0.15) is 0 Å². The molecule has 7 rings (SSSR count). The fraction of sp³-hybridized carbons (Fsp3) is 0.0588. The summed E-state index contributed by atoms with van der Waals surface area (Å²) in [4.78, 5) is 24.4. The van der Waals surface area contributed by atoms with Gasteiger partial charge in [0.2, 0.25) is 0 Å². The number of pyridine rings is 1. The molecule has 42 heavy (non-hydrogen) atoms. The zero-order chi connectivity index (χ0) is 28.3. The average Bonchev–Trinajstić information content (AvgIpc) is 3.55. The maximum Gasteiger partial charge on any atom is 0.265 e. The van der Waals surface area contributed by atoms with Crippen LogP contribution >= 0.6 is 0 Å². The first-order valence-electron chi connectivity index (χ1n) is 13.0. The molecule has 0 aliphatic carbocycles. The van der Waals surface area contributed by atoms with Gasteiger partial charge in [-0.2, -0.15) is 0 Å². The van der Waals surface area contributed by atoms with Crippen LogP contribution in [0, 0.1) is 12.1 Å². The van der Waals surface area contributed by atoms with Crippen LogP contribution in [0.1, 0.15) is 10.4 Å². The molecule has 0 atom stereocenters. The van der Waals surface area contributed by atoms with Crippen molar-refractivity contribution in [3.8, 4) is 34.0 Å². The zero-order valence-electron chi connectivity index (χ0n) is 22.8. The van der Waals surface area contributed by atoms with Gasteiger partial charge in [-0.25, -0.2) is 0 Å². The van der Waals surface area contributed by atoms with E-state index >= 15 is 0 Å². The standard InChI is InChI=1S/C22H17N4.C12H8NO2.Ir/c1-25-19-12-5-3-10-17(19)23-21(25)15-8-7-9-16(14-15)22-24-18-11-4-6-13-20(18)26(22)2;14-12(15)10-5-3-4-9(8-10)11-6-1-2-7-13-11;/h3-13H,1-2H3;1-7H,(H,14,15);/q2*-1;. The molecule has 3 heterocycles. The third kappa shape index (κ3) is 5.63. The zero-order valence-corrected chi connectivity index (χ0v) is 25.2. The van der Waals surface area contributed by atoms with Gasteiger partial charge in [-0.1, -0.05) is 53.1 Å². The SMILES string of the molecule is Cn1c(-c2[c-]c(-c3nc4ccccc4n3C)ccc2)nc2ccccc21.O=C(O)c1[c-]c(-c2ccccn2)ccc1.[Ir]. The molecule has 1 N–H and O–H groups in total. The van der Waals surface area contributed by atoms with Crippen molar-refractivity contribution in [3.63, 3.8) is 0 Å². The Kier molecular flexibility index (Phi) is 8.38. The second-order valence-corrected chi connectivity index (χ2v) is 9.44. The third-order valence-corrected chi connectivity index (χ3v) is 6.82. The Morgan fingerprint density at radius 3 is 1.69 bits per heavy atom. The second kappa shape index (κ2) is 12.3. The number of carbonyl (C=O) groups is 1. The number of carboxylic acids is 1. The summed E-state index contributed by atoms with van der Waals surface area (Å²) in [5.41, 5.74) is 7.71. The van der Waals surface area contributed by atoms with E-state index in [0.29, 0.717) is 5.56 Å². The predicted molar refractivity (Wildman–Crippen MR) is 160 cm³/mol. The van der Waals surface area contributed by atoms with Crippen LogP contribution in [0.3, 0.4) is 0 Å². The first kappa shape index (κ1) is 28.6. The normalized spacial score (nSPS) is 10.6. The number of fused-ring (bicyclic) bond motifs is 2. The maximum absolute atomic E-state index is 10.7. The number of imidazole rings is 2. The van der Waals surface area contributed by atoms with Crippen LogP contribution in [0.25, 0.3) is 56.1 Å². The Labute approximate surface area is 256 Å². The van der Waals surface area contributed by atoms with Gasteiger partial charge >= 0.3 is 0 Å². The van der Waals surface area contributed by atoms with E-state index in [0.717, 1.165) is 50.5 Å². The number of rotatable bonds is 4. The van der Waals surface area contributed by atoms with Crippen LogP contribution in [0.15, 0.2) is 109 Å². The molecule has 0 saturated heterocycles. The van der Waals surface area contributed by atoms with Crippen molar-refractivity contribution in [2.75, 3.05) is 0 Å². The Morgan fingerprint density at radius 2 is 1.17 bits per heavy atom. The quantitative estimate of drug-likeness (QED) is 0.201. The largest absolute Gasteiger partial charge is 0.513 e.